The summed E-state index contributed by atoms with van der Waals surface area (Å²) < 4.78 is 0. The highest BCUT2D eigenvalue weighted by Crippen LogP contribution is 2.17. The molecule has 100 valence electrons. The highest BCUT2D eigenvalue weighted by molar-refractivity contribution is 6.00. The van der Waals surface area contributed by atoms with E-state index in [0.29, 0.717) is 11.3 Å². The van der Waals surface area contributed by atoms with Crippen LogP contribution in [0.3, 0.4) is 0 Å². The molecule has 20 heavy (non-hydrogen) atoms. The van der Waals surface area contributed by atoms with Crippen LogP contribution in [-0.4, -0.2) is 6.03 Å². The average molecular weight is 265 g/mol. The van der Waals surface area contributed by atoms with E-state index in [1.165, 1.54) is 0 Å². The quantitative estimate of drug-likeness (QED) is 0.866. The number of hydrogen-bond donors (Lipinski definition) is 2. The Hall–Kier alpha value is -2.80. The maximum absolute atomic E-state index is 11.9. The largest absolute Gasteiger partial charge is 0.323 e. The highest BCUT2D eigenvalue weighted by Gasteiger charge is 2.05. The second-order valence-electron chi connectivity index (χ2n) is 4.59. The Kier molecular flexibility index (Phi) is 4.02. The number of benzene rings is 2. The number of hydrogen-bond acceptors (Lipinski definition) is 2. The Morgan fingerprint density at radius 3 is 2.65 bits per heavy atom. The number of carbonyl (C=O) groups is 1. The molecule has 0 aliphatic carbocycles. The van der Waals surface area contributed by atoms with E-state index < -0.39 is 0 Å². The average Bonchev–Trinajstić information content (AvgIpc) is 2.43. The molecule has 0 bridgehead atoms. The molecule has 0 aliphatic heterocycles. The first-order chi connectivity index (χ1) is 9.58. The molecule has 2 aromatic rings. The van der Waals surface area contributed by atoms with Crippen molar-refractivity contribution in [3.05, 3.63) is 59.2 Å². The molecule has 0 saturated heterocycles. The molecule has 0 aromatic heterocycles. The maximum Gasteiger partial charge on any atom is 0.323 e. The summed E-state index contributed by atoms with van der Waals surface area (Å²) in [7, 11) is 0. The van der Waals surface area contributed by atoms with Crippen molar-refractivity contribution in [2.75, 3.05) is 10.6 Å². The standard InChI is InChI=1S/C16H15N3O/c1-11-6-7-12(2)15(8-11)19-16(20)18-14-5-3-4-13(9-14)10-17/h3-9H,1-2H3,(H2,18,19,20). The lowest BCUT2D eigenvalue weighted by Crippen LogP contribution is -2.20. The molecular weight excluding hydrogens is 250 g/mol. The van der Waals surface area contributed by atoms with E-state index in [2.05, 4.69) is 10.6 Å². The summed E-state index contributed by atoms with van der Waals surface area (Å²) in [4.78, 5) is 11.9. The van der Waals surface area contributed by atoms with Crippen LogP contribution in [0.5, 0.6) is 0 Å². The van der Waals surface area contributed by atoms with Crippen molar-refractivity contribution in [2.45, 2.75) is 13.8 Å². The van der Waals surface area contributed by atoms with E-state index in [9.17, 15) is 4.79 Å². The molecule has 0 radical (unpaired) electrons. The summed E-state index contributed by atoms with van der Waals surface area (Å²) in [6.45, 7) is 3.91. The normalized spacial score (nSPS) is 9.65. The number of nitriles is 1. The number of anilines is 2. The zero-order valence-electron chi connectivity index (χ0n) is 11.4. The van der Waals surface area contributed by atoms with Crippen molar-refractivity contribution in [2.24, 2.45) is 0 Å². The van der Waals surface area contributed by atoms with Gasteiger partial charge in [0.1, 0.15) is 0 Å². The lowest BCUT2D eigenvalue weighted by atomic mass is 10.1. The van der Waals surface area contributed by atoms with Crippen LogP contribution in [0.1, 0.15) is 16.7 Å². The molecule has 2 amide bonds. The van der Waals surface area contributed by atoms with Gasteiger partial charge in [-0.15, -0.1) is 0 Å². The summed E-state index contributed by atoms with van der Waals surface area (Å²) >= 11 is 0. The van der Waals surface area contributed by atoms with Crippen LogP contribution in [0.4, 0.5) is 16.2 Å². The molecule has 2 rings (SSSR count). The number of amides is 2. The third-order valence-corrected chi connectivity index (χ3v) is 2.89. The molecule has 0 saturated carbocycles. The lowest BCUT2D eigenvalue weighted by molar-refractivity contribution is 0.262. The van der Waals surface area contributed by atoms with Crippen molar-refractivity contribution in [3.8, 4) is 6.07 Å². The van der Waals surface area contributed by atoms with Gasteiger partial charge in [0.25, 0.3) is 0 Å². The number of aryl methyl sites for hydroxylation is 2. The fraction of sp³-hybridized carbons (Fsp3) is 0.125. The lowest BCUT2D eigenvalue weighted by Gasteiger charge is -2.10. The number of carbonyl (C=O) groups excluding carboxylic acids is 1. The highest BCUT2D eigenvalue weighted by atomic mass is 16.2. The van der Waals surface area contributed by atoms with Crippen molar-refractivity contribution in [1.82, 2.24) is 0 Å². The zero-order chi connectivity index (χ0) is 14.5. The first-order valence-corrected chi connectivity index (χ1v) is 6.24. The van der Waals surface area contributed by atoms with Crippen LogP contribution in [-0.2, 0) is 0 Å². The number of rotatable bonds is 2. The predicted molar refractivity (Wildman–Crippen MR) is 79.7 cm³/mol. The van der Waals surface area contributed by atoms with Crippen molar-refractivity contribution >= 4 is 17.4 Å². The summed E-state index contributed by atoms with van der Waals surface area (Å²) in [5.74, 6) is 0. The van der Waals surface area contributed by atoms with Crippen LogP contribution in [0.2, 0.25) is 0 Å². The van der Waals surface area contributed by atoms with Crippen LogP contribution >= 0.6 is 0 Å². The fourth-order valence-corrected chi connectivity index (χ4v) is 1.82. The van der Waals surface area contributed by atoms with Gasteiger partial charge in [0, 0.05) is 11.4 Å². The molecule has 0 atom stereocenters. The Morgan fingerprint density at radius 2 is 1.90 bits per heavy atom. The van der Waals surface area contributed by atoms with Crippen molar-refractivity contribution in [3.63, 3.8) is 0 Å². The van der Waals surface area contributed by atoms with E-state index in [0.717, 1.165) is 16.8 Å². The van der Waals surface area contributed by atoms with Crippen LogP contribution in [0, 0.1) is 25.2 Å². The molecular formula is C16H15N3O. The van der Waals surface area contributed by atoms with Gasteiger partial charge in [-0.1, -0.05) is 18.2 Å². The van der Waals surface area contributed by atoms with Crippen LogP contribution < -0.4 is 10.6 Å². The fourth-order valence-electron chi connectivity index (χ4n) is 1.82. The first kappa shape index (κ1) is 13.6. The van der Waals surface area contributed by atoms with Gasteiger partial charge in [-0.25, -0.2) is 4.79 Å². The van der Waals surface area contributed by atoms with E-state index in [1.807, 2.05) is 38.1 Å². The smallest absolute Gasteiger partial charge is 0.308 e. The molecule has 0 spiro atoms. The molecule has 2 aromatic carbocycles. The molecule has 2 N–H and O–H groups in total. The second kappa shape index (κ2) is 5.89. The van der Waals surface area contributed by atoms with Gasteiger partial charge < -0.3 is 10.6 Å². The second-order valence-corrected chi connectivity index (χ2v) is 4.59. The van der Waals surface area contributed by atoms with E-state index >= 15 is 0 Å². The first-order valence-electron chi connectivity index (χ1n) is 6.24. The van der Waals surface area contributed by atoms with E-state index in [4.69, 9.17) is 5.26 Å². The van der Waals surface area contributed by atoms with Crippen LogP contribution in [0.25, 0.3) is 0 Å². The SMILES string of the molecule is Cc1ccc(C)c(NC(=O)Nc2cccc(C#N)c2)c1. The predicted octanol–water partition coefficient (Wildman–Crippen LogP) is 3.82. The number of nitrogens with one attached hydrogen (secondary N) is 2. The Morgan fingerprint density at radius 1 is 1.10 bits per heavy atom. The topological polar surface area (TPSA) is 64.9 Å². The molecule has 4 heteroatoms. The van der Waals surface area contributed by atoms with Gasteiger partial charge in [-0.2, -0.15) is 5.26 Å². The van der Waals surface area contributed by atoms with Crippen molar-refractivity contribution < 1.29 is 4.79 Å². The van der Waals surface area contributed by atoms with Crippen LogP contribution in [0.15, 0.2) is 42.5 Å². The minimum absolute atomic E-state index is 0.325. The van der Waals surface area contributed by atoms with Gasteiger partial charge in [0.15, 0.2) is 0 Å². The van der Waals surface area contributed by atoms with Crippen molar-refractivity contribution in [1.29, 1.82) is 5.26 Å². The third-order valence-electron chi connectivity index (χ3n) is 2.89. The number of urea groups is 1. The van der Waals surface area contributed by atoms with Gasteiger partial charge in [0.2, 0.25) is 0 Å². The van der Waals surface area contributed by atoms with Gasteiger partial charge >= 0.3 is 6.03 Å². The monoisotopic (exact) mass is 265 g/mol. The van der Waals surface area contributed by atoms with Gasteiger partial charge in [0.05, 0.1) is 11.6 Å². The summed E-state index contributed by atoms with van der Waals surface area (Å²) in [6.07, 6.45) is 0. The maximum atomic E-state index is 11.9. The Labute approximate surface area is 118 Å². The molecule has 0 fully saturated rings. The summed E-state index contributed by atoms with van der Waals surface area (Å²) in [5.41, 5.74) is 3.95. The molecule has 0 aliphatic rings. The third kappa shape index (κ3) is 3.36. The molecule has 0 heterocycles. The van der Waals surface area contributed by atoms with E-state index in [-0.39, 0.29) is 6.03 Å². The Balaban J connectivity index is 2.09. The molecule has 4 nitrogen and oxygen atoms in total. The van der Waals surface area contributed by atoms with E-state index in [1.54, 1.807) is 24.3 Å². The van der Waals surface area contributed by atoms with Gasteiger partial charge in [-0.3, -0.25) is 0 Å². The Bertz CT molecular complexity index is 686. The summed E-state index contributed by atoms with van der Waals surface area (Å²) in [6, 6.07) is 14.4. The minimum Gasteiger partial charge on any atom is -0.308 e. The number of nitrogens with zero attached hydrogens (tertiary/aromatic N) is 1. The molecule has 0 unspecified atom stereocenters. The zero-order valence-corrected chi connectivity index (χ0v) is 11.4. The minimum atomic E-state index is -0.325. The van der Waals surface area contributed by atoms with Gasteiger partial charge in [-0.05, 0) is 49.2 Å². The summed E-state index contributed by atoms with van der Waals surface area (Å²) in [5, 5.41) is 14.3.